The van der Waals surface area contributed by atoms with Crippen LogP contribution in [0, 0.1) is 0 Å². The summed E-state index contributed by atoms with van der Waals surface area (Å²) in [6.45, 7) is 0.423. The number of methoxy groups -OCH3 is 1. The van der Waals surface area contributed by atoms with Gasteiger partial charge >= 0.3 is 0 Å². The molecule has 1 N–H and O–H groups in total. The van der Waals surface area contributed by atoms with E-state index < -0.39 is 0 Å². The summed E-state index contributed by atoms with van der Waals surface area (Å²) in [7, 11) is 1.60. The summed E-state index contributed by atoms with van der Waals surface area (Å²) >= 11 is 0. The molecule has 1 unspecified atom stereocenters. The van der Waals surface area contributed by atoms with Gasteiger partial charge in [0, 0.05) is 7.11 Å². The van der Waals surface area contributed by atoms with Crippen molar-refractivity contribution in [2.75, 3.05) is 13.7 Å². The molecule has 0 radical (unpaired) electrons. The van der Waals surface area contributed by atoms with Crippen LogP contribution in [0.3, 0.4) is 0 Å². The first-order chi connectivity index (χ1) is 6.33. The minimum atomic E-state index is -0.342. The van der Waals surface area contributed by atoms with Crippen molar-refractivity contribution in [1.29, 1.82) is 0 Å². The molecular formula is C11H16O2. The van der Waals surface area contributed by atoms with Crippen molar-refractivity contribution >= 4 is 0 Å². The lowest BCUT2D eigenvalue weighted by Gasteiger charge is -2.08. The van der Waals surface area contributed by atoms with E-state index in [0.29, 0.717) is 6.61 Å². The minimum Gasteiger partial charge on any atom is -0.391 e. The number of ether oxygens (including phenoxy) is 1. The van der Waals surface area contributed by atoms with Crippen LogP contribution in [0.25, 0.3) is 0 Å². The van der Waals surface area contributed by atoms with E-state index in [4.69, 9.17) is 4.74 Å². The lowest BCUT2D eigenvalue weighted by molar-refractivity contribution is 0.0595. The Morgan fingerprint density at radius 2 is 2.00 bits per heavy atom. The van der Waals surface area contributed by atoms with Gasteiger partial charge in [-0.3, -0.25) is 0 Å². The molecule has 2 heteroatoms. The first-order valence-corrected chi connectivity index (χ1v) is 4.54. The van der Waals surface area contributed by atoms with Gasteiger partial charge in [-0.05, 0) is 18.4 Å². The second-order valence-electron chi connectivity index (χ2n) is 3.13. The van der Waals surface area contributed by atoms with Crippen molar-refractivity contribution in [3.8, 4) is 0 Å². The third-order valence-corrected chi connectivity index (χ3v) is 1.97. The molecule has 0 aromatic heterocycles. The normalized spacial score (nSPS) is 12.8. The summed E-state index contributed by atoms with van der Waals surface area (Å²) in [6, 6.07) is 10.2. The molecule has 0 aliphatic heterocycles. The van der Waals surface area contributed by atoms with Crippen LogP contribution in [-0.4, -0.2) is 24.9 Å². The molecule has 0 amide bonds. The highest BCUT2D eigenvalue weighted by molar-refractivity contribution is 5.14. The van der Waals surface area contributed by atoms with Crippen molar-refractivity contribution in [1.82, 2.24) is 0 Å². The predicted octanol–water partition coefficient (Wildman–Crippen LogP) is 1.63. The summed E-state index contributed by atoms with van der Waals surface area (Å²) in [5.74, 6) is 0. The Morgan fingerprint density at radius 3 is 2.62 bits per heavy atom. The van der Waals surface area contributed by atoms with Crippen LogP contribution >= 0.6 is 0 Å². The summed E-state index contributed by atoms with van der Waals surface area (Å²) < 4.78 is 4.84. The van der Waals surface area contributed by atoms with Crippen LogP contribution in [0.15, 0.2) is 30.3 Å². The molecule has 0 bridgehead atoms. The van der Waals surface area contributed by atoms with E-state index in [2.05, 4.69) is 12.1 Å². The maximum Gasteiger partial charge on any atom is 0.0776 e. The van der Waals surface area contributed by atoms with E-state index in [1.54, 1.807) is 7.11 Å². The third-order valence-electron chi connectivity index (χ3n) is 1.97. The molecule has 0 spiro atoms. The molecule has 1 atom stereocenters. The van der Waals surface area contributed by atoms with Gasteiger partial charge in [0.1, 0.15) is 0 Å². The molecule has 13 heavy (non-hydrogen) atoms. The molecule has 72 valence electrons. The SMILES string of the molecule is COCC(O)CCc1ccccc1. The smallest absolute Gasteiger partial charge is 0.0776 e. The molecule has 2 nitrogen and oxygen atoms in total. The number of hydrogen-bond donors (Lipinski definition) is 1. The van der Waals surface area contributed by atoms with E-state index in [1.807, 2.05) is 18.2 Å². The zero-order valence-electron chi connectivity index (χ0n) is 7.94. The van der Waals surface area contributed by atoms with Gasteiger partial charge < -0.3 is 9.84 Å². The van der Waals surface area contributed by atoms with Gasteiger partial charge in [0.15, 0.2) is 0 Å². The first kappa shape index (κ1) is 10.2. The maximum absolute atomic E-state index is 9.39. The number of aliphatic hydroxyl groups excluding tert-OH is 1. The van der Waals surface area contributed by atoms with E-state index in [1.165, 1.54) is 5.56 Å². The zero-order chi connectivity index (χ0) is 9.52. The van der Waals surface area contributed by atoms with Crippen LogP contribution in [0.5, 0.6) is 0 Å². The van der Waals surface area contributed by atoms with E-state index >= 15 is 0 Å². The molecule has 0 aliphatic carbocycles. The highest BCUT2D eigenvalue weighted by Crippen LogP contribution is 2.04. The van der Waals surface area contributed by atoms with Crippen molar-refractivity contribution in [3.63, 3.8) is 0 Å². The van der Waals surface area contributed by atoms with Crippen molar-refractivity contribution in [2.24, 2.45) is 0 Å². The van der Waals surface area contributed by atoms with Crippen LogP contribution in [0.1, 0.15) is 12.0 Å². The molecule has 1 aromatic carbocycles. The molecule has 0 saturated carbocycles. The molecule has 1 aromatic rings. The predicted molar refractivity (Wildman–Crippen MR) is 52.6 cm³/mol. The average molecular weight is 180 g/mol. The lowest BCUT2D eigenvalue weighted by atomic mass is 10.1. The number of hydrogen-bond acceptors (Lipinski definition) is 2. The summed E-state index contributed by atoms with van der Waals surface area (Å²) in [4.78, 5) is 0. The fourth-order valence-corrected chi connectivity index (χ4v) is 1.25. The van der Waals surface area contributed by atoms with Crippen molar-refractivity contribution in [3.05, 3.63) is 35.9 Å². The largest absolute Gasteiger partial charge is 0.391 e. The summed E-state index contributed by atoms with van der Waals surface area (Å²) in [6.07, 6.45) is 1.33. The van der Waals surface area contributed by atoms with Gasteiger partial charge in [-0.15, -0.1) is 0 Å². The van der Waals surface area contributed by atoms with Gasteiger partial charge in [0.05, 0.1) is 12.7 Å². The highest BCUT2D eigenvalue weighted by atomic mass is 16.5. The Hall–Kier alpha value is -0.860. The molecular weight excluding hydrogens is 164 g/mol. The molecule has 0 saturated heterocycles. The minimum absolute atomic E-state index is 0.342. The van der Waals surface area contributed by atoms with Crippen LogP contribution in [-0.2, 0) is 11.2 Å². The fourth-order valence-electron chi connectivity index (χ4n) is 1.25. The average Bonchev–Trinajstić information content (AvgIpc) is 2.17. The topological polar surface area (TPSA) is 29.5 Å². The number of benzene rings is 1. The van der Waals surface area contributed by atoms with E-state index in [9.17, 15) is 5.11 Å². The Bertz CT molecular complexity index is 221. The second kappa shape index (κ2) is 5.73. The standard InChI is InChI=1S/C11H16O2/c1-13-9-11(12)8-7-10-5-3-2-4-6-10/h2-6,11-12H,7-9H2,1H3. The fraction of sp³-hybridized carbons (Fsp3) is 0.455. The van der Waals surface area contributed by atoms with Crippen molar-refractivity contribution < 1.29 is 9.84 Å². The third kappa shape index (κ3) is 4.06. The monoisotopic (exact) mass is 180 g/mol. The van der Waals surface area contributed by atoms with Crippen LogP contribution in [0.2, 0.25) is 0 Å². The van der Waals surface area contributed by atoms with Crippen LogP contribution in [0.4, 0.5) is 0 Å². The Balaban J connectivity index is 2.27. The Labute approximate surface area is 79.2 Å². The summed E-state index contributed by atoms with van der Waals surface area (Å²) in [5, 5.41) is 9.39. The quantitative estimate of drug-likeness (QED) is 0.746. The number of aryl methyl sites for hydroxylation is 1. The van der Waals surface area contributed by atoms with Gasteiger partial charge in [0.2, 0.25) is 0 Å². The lowest BCUT2D eigenvalue weighted by Crippen LogP contribution is -2.14. The van der Waals surface area contributed by atoms with E-state index in [0.717, 1.165) is 12.8 Å². The Kier molecular flexibility index (Phi) is 4.50. The van der Waals surface area contributed by atoms with Gasteiger partial charge in [0.25, 0.3) is 0 Å². The van der Waals surface area contributed by atoms with Gasteiger partial charge in [-0.2, -0.15) is 0 Å². The molecule has 0 heterocycles. The molecule has 1 rings (SSSR count). The van der Waals surface area contributed by atoms with Crippen LogP contribution < -0.4 is 0 Å². The highest BCUT2D eigenvalue weighted by Gasteiger charge is 2.02. The Morgan fingerprint density at radius 1 is 1.31 bits per heavy atom. The number of aliphatic hydroxyl groups is 1. The van der Waals surface area contributed by atoms with Gasteiger partial charge in [-0.1, -0.05) is 30.3 Å². The maximum atomic E-state index is 9.39. The summed E-state index contributed by atoms with van der Waals surface area (Å²) in [5.41, 5.74) is 1.26. The van der Waals surface area contributed by atoms with E-state index in [-0.39, 0.29) is 6.10 Å². The number of rotatable bonds is 5. The van der Waals surface area contributed by atoms with Crippen molar-refractivity contribution in [2.45, 2.75) is 18.9 Å². The molecule has 0 fully saturated rings. The van der Waals surface area contributed by atoms with Gasteiger partial charge in [-0.25, -0.2) is 0 Å². The second-order valence-corrected chi connectivity index (χ2v) is 3.13. The zero-order valence-corrected chi connectivity index (χ0v) is 7.94. The molecule has 0 aliphatic rings. The first-order valence-electron chi connectivity index (χ1n) is 4.54.